The van der Waals surface area contributed by atoms with Crippen LogP contribution in [0.3, 0.4) is 0 Å². The minimum absolute atomic E-state index is 0.205. The summed E-state index contributed by atoms with van der Waals surface area (Å²) < 4.78 is 0. The number of hydrogen-bond acceptors (Lipinski definition) is 3. The number of likely N-dealkylation sites (N-methyl/N-ethyl adjacent to an activating group) is 1. The van der Waals surface area contributed by atoms with Crippen molar-refractivity contribution in [2.24, 2.45) is 5.41 Å². The summed E-state index contributed by atoms with van der Waals surface area (Å²) in [7, 11) is 2.14. The third-order valence-electron chi connectivity index (χ3n) is 3.15. The van der Waals surface area contributed by atoms with Gasteiger partial charge in [-0.3, -0.25) is 9.69 Å². The molecule has 0 radical (unpaired) electrons. The van der Waals surface area contributed by atoms with Gasteiger partial charge in [-0.1, -0.05) is 20.8 Å². The zero-order chi connectivity index (χ0) is 11.6. The van der Waals surface area contributed by atoms with E-state index in [2.05, 4.69) is 23.8 Å². The molecular formula is C12H24N2O. The second-order valence-electron chi connectivity index (χ2n) is 5.75. The van der Waals surface area contributed by atoms with Crippen molar-refractivity contribution >= 4 is 5.78 Å². The van der Waals surface area contributed by atoms with Crippen LogP contribution in [0.25, 0.3) is 0 Å². The smallest absolute Gasteiger partial charge is 0.152 e. The second-order valence-corrected chi connectivity index (χ2v) is 5.75. The lowest BCUT2D eigenvalue weighted by Crippen LogP contribution is -2.52. The molecule has 0 aromatic carbocycles. The number of Topliss-reactive ketones (excluding diaryl/α,β-unsaturated/α-hetero) is 1. The van der Waals surface area contributed by atoms with Gasteiger partial charge >= 0.3 is 0 Å². The standard InChI is InChI=1S/C12H24N2O/c1-10-8-13(5)6-7-14(10)9-11(15)12(2,3)4/h10H,6-9H2,1-5H3. The Morgan fingerprint density at radius 3 is 2.40 bits per heavy atom. The Bertz CT molecular complexity index is 232. The monoisotopic (exact) mass is 212 g/mol. The van der Waals surface area contributed by atoms with E-state index in [1.807, 2.05) is 20.8 Å². The SMILES string of the molecule is CC1CN(C)CCN1CC(=O)C(C)(C)C. The molecule has 1 atom stereocenters. The summed E-state index contributed by atoms with van der Waals surface area (Å²) in [5, 5.41) is 0. The summed E-state index contributed by atoms with van der Waals surface area (Å²) in [5.41, 5.74) is -0.205. The van der Waals surface area contributed by atoms with Crippen LogP contribution in [0, 0.1) is 5.41 Å². The van der Waals surface area contributed by atoms with Gasteiger partial charge in [-0.2, -0.15) is 0 Å². The molecule has 0 aromatic heterocycles. The predicted molar refractivity (Wildman–Crippen MR) is 63.0 cm³/mol. The lowest BCUT2D eigenvalue weighted by Gasteiger charge is -2.38. The molecule has 15 heavy (non-hydrogen) atoms. The fourth-order valence-corrected chi connectivity index (χ4v) is 1.83. The Labute approximate surface area is 93.4 Å². The van der Waals surface area contributed by atoms with Crippen molar-refractivity contribution in [1.82, 2.24) is 9.80 Å². The normalized spacial score (nSPS) is 25.5. The van der Waals surface area contributed by atoms with E-state index >= 15 is 0 Å². The molecule has 88 valence electrons. The molecule has 1 rings (SSSR count). The Morgan fingerprint density at radius 1 is 1.33 bits per heavy atom. The summed E-state index contributed by atoms with van der Waals surface area (Å²) in [4.78, 5) is 16.5. The topological polar surface area (TPSA) is 23.6 Å². The van der Waals surface area contributed by atoms with Gasteiger partial charge in [-0.25, -0.2) is 0 Å². The molecular weight excluding hydrogens is 188 g/mol. The van der Waals surface area contributed by atoms with Crippen LogP contribution in [0.1, 0.15) is 27.7 Å². The number of rotatable bonds is 2. The molecule has 0 amide bonds. The van der Waals surface area contributed by atoms with Gasteiger partial charge in [-0.05, 0) is 14.0 Å². The zero-order valence-corrected chi connectivity index (χ0v) is 10.7. The zero-order valence-electron chi connectivity index (χ0n) is 10.7. The first kappa shape index (κ1) is 12.7. The Kier molecular flexibility index (Phi) is 3.90. The predicted octanol–water partition coefficient (Wildman–Crippen LogP) is 1.24. The van der Waals surface area contributed by atoms with E-state index in [1.54, 1.807) is 0 Å². The van der Waals surface area contributed by atoms with Crippen LogP contribution in [0.5, 0.6) is 0 Å². The van der Waals surface area contributed by atoms with E-state index in [9.17, 15) is 4.79 Å². The molecule has 0 spiro atoms. The molecule has 0 saturated carbocycles. The van der Waals surface area contributed by atoms with Crippen LogP contribution in [0.15, 0.2) is 0 Å². The average Bonchev–Trinajstić information content (AvgIpc) is 2.08. The Hall–Kier alpha value is -0.410. The molecule has 3 nitrogen and oxygen atoms in total. The summed E-state index contributed by atoms with van der Waals surface area (Å²) in [5.74, 6) is 0.346. The molecule has 3 heteroatoms. The molecule has 0 aliphatic carbocycles. The summed E-state index contributed by atoms with van der Waals surface area (Å²) in [6.45, 7) is 11.9. The molecule has 0 aromatic rings. The number of carbonyl (C=O) groups is 1. The maximum atomic E-state index is 11.9. The van der Waals surface area contributed by atoms with Gasteiger partial charge in [0.05, 0.1) is 6.54 Å². The first-order valence-electron chi connectivity index (χ1n) is 5.76. The van der Waals surface area contributed by atoms with E-state index in [4.69, 9.17) is 0 Å². The third kappa shape index (κ3) is 3.58. The first-order valence-corrected chi connectivity index (χ1v) is 5.76. The van der Waals surface area contributed by atoms with Crippen LogP contribution < -0.4 is 0 Å². The Balaban J connectivity index is 2.49. The van der Waals surface area contributed by atoms with Crippen LogP contribution in [-0.4, -0.2) is 54.9 Å². The number of ketones is 1. The highest BCUT2D eigenvalue weighted by Crippen LogP contribution is 2.17. The first-order chi connectivity index (χ1) is 6.80. The second kappa shape index (κ2) is 4.62. The van der Waals surface area contributed by atoms with Gasteiger partial charge in [-0.15, -0.1) is 0 Å². The lowest BCUT2D eigenvalue weighted by atomic mass is 9.90. The third-order valence-corrected chi connectivity index (χ3v) is 3.15. The van der Waals surface area contributed by atoms with Crippen LogP contribution in [0.2, 0.25) is 0 Å². The van der Waals surface area contributed by atoms with Crippen molar-refractivity contribution in [1.29, 1.82) is 0 Å². The molecule has 1 saturated heterocycles. The molecule has 1 aliphatic rings. The fraction of sp³-hybridized carbons (Fsp3) is 0.917. The fourth-order valence-electron chi connectivity index (χ4n) is 1.83. The lowest BCUT2D eigenvalue weighted by molar-refractivity contribution is -0.128. The number of nitrogens with zero attached hydrogens (tertiary/aromatic N) is 2. The quantitative estimate of drug-likeness (QED) is 0.688. The van der Waals surface area contributed by atoms with Crippen LogP contribution in [0.4, 0.5) is 0 Å². The summed E-state index contributed by atoms with van der Waals surface area (Å²) >= 11 is 0. The number of hydrogen-bond donors (Lipinski definition) is 0. The van der Waals surface area contributed by atoms with E-state index in [0.29, 0.717) is 18.4 Å². The maximum Gasteiger partial charge on any atom is 0.152 e. The molecule has 1 fully saturated rings. The average molecular weight is 212 g/mol. The van der Waals surface area contributed by atoms with Crippen LogP contribution in [-0.2, 0) is 4.79 Å². The molecule has 0 N–H and O–H groups in total. The van der Waals surface area contributed by atoms with E-state index < -0.39 is 0 Å². The highest BCUT2D eigenvalue weighted by Gasteiger charge is 2.28. The molecule has 1 heterocycles. The van der Waals surface area contributed by atoms with E-state index in [1.165, 1.54) is 0 Å². The van der Waals surface area contributed by atoms with Gasteiger partial charge in [0.2, 0.25) is 0 Å². The van der Waals surface area contributed by atoms with Gasteiger partial charge in [0, 0.05) is 31.1 Å². The van der Waals surface area contributed by atoms with E-state index in [0.717, 1.165) is 19.6 Å². The van der Waals surface area contributed by atoms with Crippen molar-refractivity contribution in [2.75, 3.05) is 33.2 Å². The molecule has 1 aliphatic heterocycles. The number of carbonyl (C=O) groups excluding carboxylic acids is 1. The van der Waals surface area contributed by atoms with Gasteiger partial charge < -0.3 is 4.90 Å². The van der Waals surface area contributed by atoms with E-state index in [-0.39, 0.29) is 5.41 Å². The van der Waals surface area contributed by atoms with Crippen molar-refractivity contribution in [3.05, 3.63) is 0 Å². The maximum absolute atomic E-state index is 11.9. The van der Waals surface area contributed by atoms with Crippen molar-refractivity contribution in [3.8, 4) is 0 Å². The van der Waals surface area contributed by atoms with Gasteiger partial charge in [0.25, 0.3) is 0 Å². The van der Waals surface area contributed by atoms with Crippen molar-refractivity contribution in [3.63, 3.8) is 0 Å². The summed E-state index contributed by atoms with van der Waals surface area (Å²) in [6.07, 6.45) is 0. The molecule has 0 bridgehead atoms. The van der Waals surface area contributed by atoms with Gasteiger partial charge in [0.1, 0.15) is 0 Å². The molecule has 1 unspecified atom stereocenters. The minimum atomic E-state index is -0.205. The van der Waals surface area contributed by atoms with Crippen LogP contribution >= 0.6 is 0 Å². The highest BCUT2D eigenvalue weighted by molar-refractivity contribution is 5.85. The number of piperazine rings is 1. The van der Waals surface area contributed by atoms with Crippen molar-refractivity contribution in [2.45, 2.75) is 33.7 Å². The Morgan fingerprint density at radius 2 is 1.93 bits per heavy atom. The summed E-state index contributed by atoms with van der Waals surface area (Å²) in [6, 6.07) is 0.495. The minimum Gasteiger partial charge on any atom is -0.304 e. The van der Waals surface area contributed by atoms with Gasteiger partial charge in [0.15, 0.2) is 5.78 Å². The largest absolute Gasteiger partial charge is 0.304 e. The highest BCUT2D eigenvalue weighted by atomic mass is 16.1. The van der Waals surface area contributed by atoms with Crippen molar-refractivity contribution < 1.29 is 4.79 Å².